The Kier molecular flexibility index (Phi) is 2.49. The van der Waals surface area contributed by atoms with E-state index >= 15 is 0 Å². The van der Waals surface area contributed by atoms with Crippen molar-refractivity contribution in [2.24, 2.45) is 0 Å². The van der Waals surface area contributed by atoms with Gasteiger partial charge in [-0.1, -0.05) is 30.3 Å². The predicted octanol–water partition coefficient (Wildman–Crippen LogP) is 2.87. The summed E-state index contributed by atoms with van der Waals surface area (Å²) >= 11 is 0. The van der Waals surface area contributed by atoms with Crippen LogP contribution in [0.4, 0.5) is 0 Å². The lowest BCUT2D eigenvalue weighted by Gasteiger charge is -2.05. The lowest BCUT2D eigenvalue weighted by Crippen LogP contribution is -2.00. The Labute approximate surface area is 108 Å². The summed E-state index contributed by atoms with van der Waals surface area (Å²) in [5, 5.41) is 19.1. The molecular weight excluding hydrogens is 244 g/mol. The van der Waals surface area contributed by atoms with Crippen LogP contribution in [-0.2, 0) is 0 Å². The van der Waals surface area contributed by atoms with Gasteiger partial charge in [0.1, 0.15) is 16.7 Å². The summed E-state index contributed by atoms with van der Waals surface area (Å²) in [5.41, 5.74) is 0.615. The highest BCUT2D eigenvalue weighted by molar-refractivity contribution is 5.86. The summed E-state index contributed by atoms with van der Waals surface area (Å²) in [6.07, 6.45) is 0. The molecule has 3 rings (SSSR count). The summed E-state index contributed by atoms with van der Waals surface area (Å²) in [6, 6.07) is 13.2. The van der Waals surface area contributed by atoms with Crippen molar-refractivity contribution in [1.82, 2.24) is 0 Å². The number of fused-ring (bicyclic) bond motifs is 1. The summed E-state index contributed by atoms with van der Waals surface area (Å²) < 4.78 is 5.59. The summed E-state index contributed by atoms with van der Waals surface area (Å²) in [5.74, 6) is -0.374. The van der Waals surface area contributed by atoms with Gasteiger partial charge in [-0.25, -0.2) is 0 Å². The fourth-order valence-corrected chi connectivity index (χ4v) is 1.97. The van der Waals surface area contributed by atoms with Crippen LogP contribution in [0.25, 0.3) is 22.3 Å². The maximum atomic E-state index is 12.0. The van der Waals surface area contributed by atoms with Crippen molar-refractivity contribution in [2.45, 2.75) is 0 Å². The van der Waals surface area contributed by atoms with E-state index in [0.717, 1.165) is 5.56 Å². The molecule has 0 amide bonds. The minimum Gasteiger partial charge on any atom is -0.504 e. The molecule has 3 aromatic rings. The Bertz CT molecular complexity index is 803. The van der Waals surface area contributed by atoms with Crippen LogP contribution in [-0.4, -0.2) is 10.2 Å². The summed E-state index contributed by atoms with van der Waals surface area (Å²) in [7, 11) is 0. The van der Waals surface area contributed by atoms with Crippen LogP contribution in [0.2, 0.25) is 0 Å². The second-order valence-electron chi connectivity index (χ2n) is 4.15. The van der Waals surface area contributed by atoms with E-state index in [4.69, 9.17) is 4.42 Å². The zero-order valence-electron chi connectivity index (χ0n) is 9.83. The third-order valence-electron chi connectivity index (χ3n) is 2.91. The molecule has 0 aliphatic heterocycles. The smallest absolute Gasteiger partial charge is 0.197 e. The standard InChI is InChI=1S/C15H10O4/c16-10-6-7-12-14(15(10)18)11(17)8-13(19-12)9-4-2-1-3-5-9/h1-8,16,18H. The highest BCUT2D eigenvalue weighted by Gasteiger charge is 2.12. The van der Waals surface area contributed by atoms with E-state index in [1.54, 1.807) is 0 Å². The molecule has 94 valence electrons. The Balaban J connectivity index is 2.33. The first-order valence-electron chi connectivity index (χ1n) is 5.71. The number of phenolic OH excluding ortho intramolecular Hbond substituents is 2. The molecule has 0 saturated carbocycles. The van der Waals surface area contributed by atoms with E-state index < -0.39 is 11.2 Å². The summed E-state index contributed by atoms with van der Waals surface area (Å²) in [4.78, 5) is 12.0. The van der Waals surface area contributed by atoms with E-state index in [-0.39, 0.29) is 16.7 Å². The Morgan fingerprint density at radius 2 is 1.68 bits per heavy atom. The van der Waals surface area contributed by atoms with E-state index in [9.17, 15) is 15.0 Å². The van der Waals surface area contributed by atoms with E-state index in [2.05, 4.69) is 0 Å². The van der Waals surface area contributed by atoms with Crippen molar-refractivity contribution in [3.63, 3.8) is 0 Å². The molecule has 1 heterocycles. The third-order valence-corrected chi connectivity index (χ3v) is 2.91. The molecule has 2 aromatic carbocycles. The van der Waals surface area contributed by atoms with Crippen molar-refractivity contribution in [3.8, 4) is 22.8 Å². The zero-order chi connectivity index (χ0) is 13.4. The zero-order valence-corrected chi connectivity index (χ0v) is 9.83. The first kappa shape index (κ1) is 11.3. The van der Waals surface area contributed by atoms with Gasteiger partial charge in [-0.15, -0.1) is 0 Å². The minimum atomic E-state index is -0.453. The quantitative estimate of drug-likeness (QED) is 0.655. The van der Waals surface area contributed by atoms with Gasteiger partial charge in [-0.3, -0.25) is 4.79 Å². The fourth-order valence-electron chi connectivity index (χ4n) is 1.97. The second kappa shape index (κ2) is 4.17. The van der Waals surface area contributed by atoms with Crippen LogP contribution in [0.1, 0.15) is 0 Å². The molecule has 0 fully saturated rings. The van der Waals surface area contributed by atoms with Crippen LogP contribution in [0.3, 0.4) is 0 Å². The molecular formula is C15H10O4. The number of hydrogen-bond acceptors (Lipinski definition) is 4. The van der Waals surface area contributed by atoms with Crippen molar-refractivity contribution in [1.29, 1.82) is 0 Å². The van der Waals surface area contributed by atoms with Crippen LogP contribution in [0, 0.1) is 0 Å². The molecule has 0 saturated heterocycles. The first-order chi connectivity index (χ1) is 9.16. The third kappa shape index (κ3) is 1.83. The maximum Gasteiger partial charge on any atom is 0.197 e. The van der Waals surface area contributed by atoms with Crippen molar-refractivity contribution < 1.29 is 14.6 Å². The number of rotatable bonds is 1. The molecule has 2 N–H and O–H groups in total. The number of benzene rings is 2. The van der Waals surface area contributed by atoms with Crippen molar-refractivity contribution in [2.75, 3.05) is 0 Å². The van der Waals surface area contributed by atoms with Crippen LogP contribution in [0.5, 0.6) is 11.5 Å². The van der Waals surface area contributed by atoms with Gasteiger partial charge in [0.15, 0.2) is 16.9 Å². The average Bonchev–Trinajstić information content (AvgIpc) is 2.43. The molecule has 0 spiro atoms. The lowest BCUT2D eigenvalue weighted by molar-refractivity contribution is 0.407. The maximum absolute atomic E-state index is 12.0. The Morgan fingerprint density at radius 1 is 0.947 bits per heavy atom. The Hall–Kier alpha value is -2.75. The number of aromatic hydroxyl groups is 2. The fraction of sp³-hybridized carbons (Fsp3) is 0. The normalized spacial score (nSPS) is 10.7. The molecule has 4 nitrogen and oxygen atoms in total. The van der Waals surface area contributed by atoms with Crippen LogP contribution in [0.15, 0.2) is 57.7 Å². The minimum absolute atomic E-state index is 0.0142. The van der Waals surface area contributed by atoms with Crippen molar-refractivity contribution >= 4 is 11.0 Å². The topological polar surface area (TPSA) is 70.7 Å². The van der Waals surface area contributed by atoms with Gasteiger partial charge in [-0.05, 0) is 12.1 Å². The van der Waals surface area contributed by atoms with Gasteiger partial charge in [0.05, 0.1) is 0 Å². The average molecular weight is 254 g/mol. The highest BCUT2D eigenvalue weighted by Crippen LogP contribution is 2.32. The van der Waals surface area contributed by atoms with E-state index in [1.165, 1.54) is 18.2 Å². The Morgan fingerprint density at radius 3 is 2.42 bits per heavy atom. The van der Waals surface area contributed by atoms with Crippen LogP contribution < -0.4 is 5.43 Å². The predicted molar refractivity (Wildman–Crippen MR) is 71.2 cm³/mol. The molecule has 1 aromatic heterocycles. The summed E-state index contributed by atoms with van der Waals surface area (Å²) in [6.45, 7) is 0. The van der Waals surface area contributed by atoms with Gasteiger partial charge in [0, 0.05) is 11.6 Å². The molecule has 0 bridgehead atoms. The molecule has 0 aliphatic rings. The van der Waals surface area contributed by atoms with Gasteiger partial charge in [0.25, 0.3) is 0 Å². The SMILES string of the molecule is O=c1cc(-c2ccccc2)oc2ccc(O)c(O)c12. The molecule has 19 heavy (non-hydrogen) atoms. The van der Waals surface area contributed by atoms with Gasteiger partial charge < -0.3 is 14.6 Å². The number of hydrogen-bond donors (Lipinski definition) is 2. The molecule has 0 aliphatic carbocycles. The van der Waals surface area contributed by atoms with Crippen molar-refractivity contribution in [3.05, 3.63) is 58.8 Å². The van der Waals surface area contributed by atoms with Crippen LogP contribution >= 0.6 is 0 Å². The lowest BCUT2D eigenvalue weighted by atomic mass is 10.1. The second-order valence-corrected chi connectivity index (χ2v) is 4.15. The van der Waals surface area contributed by atoms with E-state index in [1.807, 2.05) is 30.3 Å². The van der Waals surface area contributed by atoms with Gasteiger partial charge in [-0.2, -0.15) is 0 Å². The molecule has 0 unspecified atom stereocenters. The first-order valence-corrected chi connectivity index (χ1v) is 5.71. The molecule has 0 atom stereocenters. The highest BCUT2D eigenvalue weighted by atomic mass is 16.3. The largest absolute Gasteiger partial charge is 0.504 e. The molecule has 0 radical (unpaired) electrons. The monoisotopic (exact) mass is 254 g/mol. The molecule has 4 heteroatoms. The van der Waals surface area contributed by atoms with Gasteiger partial charge >= 0.3 is 0 Å². The number of phenols is 2. The van der Waals surface area contributed by atoms with Gasteiger partial charge in [0.2, 0.25) is 0 Å². The van der Waals surface area contributed by atoms with E-state index in [0.29, 0.717) is 5.76 Å².